The first-order valence-corrected chi connectivity index (χ1v) is 3.90. The molecule has 1 nitrogen and oxygen atoms in total. The SMILES string of the molecule is CCNC.[Cl][Ti]. The van der Waals surface area contributed by atoms with Gasteiger partial charge in [-0.05, 0) is 13.6 Å². The van der Waals surface area contributed by atoms with E-state index in [1.807, 2.05) is 7.05 Å². The van der Waals surface area contributed by atoms with Crippen LogP contribution in [0.25, 0.3) is 0 Å². The van der Waals surface area contributed by atoms with Gasteiger partial charge in [-0.15, -0.1) is 0 Å². The van der Waals surface area contributed by atoms with Gasteiger partial charge in [0.1, 0.15) is 0 Å². The molecule has 37 valence electrons. The fourth-order valence-corrected chi connectivity index (χ4v) is 0. The molecule has 0 radical (unpaired) electrons. The normalized spacial score (nSPS) is 5.67. The number of rotatable bonds is 1. The maximum atomic E-state index is 4.64. The van der Waals surface area contributed by atoms with Crippen molar-refractivity contribution in [3.8, 4) is 0 Å². The summed E-state index contributed by atoms with van der Waals surface area (Å²) in [6.07, 6.45) is 0. The van der Waals surface area contributed by atoms with Gasteiger partial charge in [-0.3, -0.25) is 0 Å². The van der Waals surface area contributed by atoms with Crippen molar-refractivity contribution in [3.05, 3.63) is 0 Å². The monoisotopic (exact) mass is 142 g/mol. The van der Waals surface area contributed by atoms with Crippen LogP contribution < -0.4 is 5.32 Å². The summed E-state index contributed by atoms with van der Waals surface area (Å²) in [7, 11) is 6.57. The Morgan fingerprint density at radius 2 is 1.83 bits per heavy atom. The minimum absolute atomic E-state index is 1.07. The van der Waals surface area contributed by atoms with Gasteiger partial charge in [0.05, 0.1) is 0 Å². The molecule has 0 heterocycles. The molecule has 0 fully saturated rings. The molecule has 0 aliphatic rings. The predicted molar refractivity (Wildman–Crippen MR) is 25.5 cm³/mol. The van der Waals surface area contributed by atoms with Gasteiger partial charge in [0.2, 0.25) is 0 Å². The number of hydrogen-bond acceptors (Lipinski definition) is 1. The van der Waals surface area contributed by atoms with Crippen molar-refractivity contribution in [2.24, 2.45) is 0 Å². The Kier molecular flexibility index (Phi) is 28.0. The first-order valence-electron chi connectivity index (χ1n) is 1.75. The van der Waals surface area contributed by atoms with Crippen LogP contribution in [0, 0.1) is 0 Å². The molecule has 6 heavy (non-hydrogen) atoms. The molecule has 0 aromatic rings. The fraction of sp³-hybridized carbons (Fsp3) is 1.00. The van der Waals surface area contributed by atoms with Crippen molar-refractivity contribution in [2.75, 3.05) is 13.6 Å². The van der Waals surface area contributed by atoms with E-state index in [-0.39, 0.29) is 0 Å². The zero-order valence-corrected chi connectivity index (χ0v) is 6.40. The molecular weight excluding hydrogens is 133 g/mol. The average molecular weight is 142 g/mol. The van der Waals surface area contributed by atoms with Crippen LogP contribution in [0.1, 0.15) is 6.92 Å². The van der Waals surface area contributed by atoms with E-state index in [0.29, 0.717) is 0 Å². The quantitative estimate of drug-likeness (QED) is 0.537. The summed E-state index contributed by atoms with van der Waals surface area (Å²) >= 11 is 1.47. The predicted octanol–water partition coefficient (Wildman–Crippen LogP) is 0.913. The molecule has 0 saturated heterocycles. The number of hydrogen-bond donors (Lipinski definition) is 1. The topological polar surface area (TPSA) is 12.0 Å². The third-order valence-corrected chi connectivity index (χ3v) is 0.354. The Morgan fingerprint density at radius 1 is 1.67 bits per heavy atom. The van der Waals surface area contributed by atoms with E-state index in [1.54, 1.807) is 0 Å². The van der Waals surface area contributed by atoms with Crippen molar-refractivity contribution in [3.63, 3.8) is 0 Å². The molecule has 0 unspecified atom stereocenters. The van der Waals surface area contributed by atoms with Gasteiger partial charge in [-0.1, -0.05) is 6.92 Å². The second-order valence-electron chi connectivity index (χ2n) is 0.707. The summed E-state index contributed by atoms with van der Waals surface area (Å²) in [6.45, 7) is 3.14. The molecule has 0 aliphatic carbocycles. The minimum atomic E-state index is 1.07. The van der Waals surface area contributed by atoms with Crippen LogP contribution in [0.4, 0.5) is 0 Å². The first kappa shape index (κ1) is 10.1. The standard InChI is InChI=1S/C3H9N.ClH.Ti/c1-3-4-2;;/h4H,3H2,1-2H3;1H;/q;;+1/p-1. The van der Waals surface area contributed by atoms with Gasteiger partial charge >= 0.3 is 28.7 Å². The van der Waals surface area contributed by atoms with E-state index in [0.717, 1.165) is 6.54 Å². The Balaban J connectivity index is 0. The van der Waals surface area contributed by atoms with Crippen molar-refractivity contribution in [1.29, 1.82) is 0 Å². The van der Waals surface area contributed by atoms with Crippen molar-refractivity contribution in [2.45, 2.75) is 6.92 Å². The first-order chi connectivity index (χ1) is 2.91. The fourth-order valence-electron chi connectivity index (χ4n) is 0. The molecule has 0 atom stereocenters. The molecule has 0 aromatic carbocycles. The summed E-state index contributed by atoms with van der Waals surface area (Å²) in [5, 5.41) is 2.93. The van der Waals surface area contributed by atoms with Crippen LogP contribution in [-0.4, -0.2) is 13.6 Å². The molecule has 0 rings (SSSR count). The molecule has 0 saturated carbocycles. The molecule has 1 N–H and O–H groups in total. The summed E-state index contributed by atoms with van der Waals surface area (Å²) in [5.74, 6) is 0. The summed E-state index contributed by atoms with van der Waals surface area (Å²) in [6, 6.07) is 0. The maximum absolute atomic E-state index is 4.64. The van der Waals surface area contributed by atoms with E-state index >= 15 is 0 Å². The van der Waals surface area contributed by atoms with Gasteiger partial charge in [0.15, 0.2) is 0 Å². The number of nitrogens with one attached hydrogen (secondary N) is 1. The summed E-state index contributed by atoms with van der Waals surface area (Å²) in [4.78, 5) is 0. The van der Waals surface area contributed by atoms with Crippen LogP contribution in [0.3, 0.4) is 0 Å². The van der Waals surface area contributed by atoms with Crippen molar-refractivity contribution < 1.29 is 19.4 Å². The second kappa shape index (κ2) is 16.7. The molecule has 0 aliphatic heterocycles. The van der Waals surface area contributed by atoms with Crippen molar-refractivity contribution >= 4 is 9.30 Å². The van der Waals surface area contributed by atoms with E-state index < -0.39 is 0 Å². The van der Waals surface area contributed by atoms with Gasteiger partial charge in [0.25, 0.3) is 0 Å². The van der Waals surface area contributed by atoms with Crippen molar-refractivity contribution in [1.82, 2.24) is 5.32 Å². The van der Waals surface area contributed by atoms with Gasteiger partial charge in [-0.2, -0.15) is 0 Å². The molecule has 0 bridgehead atoms. The van der Waals surface area contributed by atoms with Crippen LogP contribution in [0.5, 0.6) is 0 Å². The Morgan fingerprint density at radius 3 is 1.83 bits per heavy atom. The van der Waals surface area contributed by atoms with E-state index in [9.17, 15) is 0 Å². The summed E-state index contributed by atoms with van der Waals surface area (Å²) in [5.41, 5.74) is 0. The molecule has 0 aromatic heterocycles. The van der Waals surface area contributed by atoms with E-state index in [2.05, 4.69) is 21.5 Å². The third-order valence-electron chi connectivity index (χ3n) is 0.354. The van der Waals surface area contributed by atoms with Crippen LogP contribution in [0.2, 0.25) is 0 Å². The molecular formula is C3H9ClNTi. The van der Waals surface area contributed by atoms with Crippen LogP contribution in [0.15, 0.2) is 0 Å². The molecule has 3 heteroatoms. The number of halogens is 1. The van der Waals surface area contributed by atoms with Gasteiger partial charge < -0.3 is 5.32 Å². The zero-order valence-electron chi connectivity index (χ0n) is 4.09. The van der Waals surface area contributed by atoms with Gasteiger partial charge in [0, 0.05) is 0 Å². The van der Waals surface area contributed by atoms with Gasteiger partial charge in [-0.25, -0.2) is 0 Å². The van der Waals surface area contributed by atoms with E-state index in [4.69, 9.17) is 0 Å². The third kappa shape index (κ3) is 20.2. The van der Waals surface area contributed by atoms with E-state index in [1.165, 1.54) is 19.4 Å². The average Bonchev–Trinajstić information content (AvgIpc) is 1.72. The Hall–Kier alpha value is 0.964. The Labute approximate surface area is 54.7 Å². The Bertz CT molecular complexity index is 12.8. The van der Waals surface area contributed by atoms with Crippen LogP contribution >= 0.6 is 9.30 Å². The zero-order chi connectivity index (χ0) is 5.41. The molecule has 0 amide bonds. The second-order valence-corrected chi connectivity index (χ2v) is 0.707. The molecule has 0 spiro atoms. The van der Waals surface area contributed by atoms with Crippen LogP contribution in [-0.2, 0) is 19.4 Å². The summed E-state index contributed by atoms with van der Waals surface area (Å²) < 4.78 is 0.